The normalized spacial score (nSPS) is 14.4. The van der Waals surface area contributed by atoms with Crippen LogP contribution in [0.25, 0.3) is 0 Å². The van der Waals surface area contributed by atoms with Crippen molar-refractivity contribution in [2.24, 2.45) is 0 Å². The molecule has 0 aromatic heterocycles. The van der Waals surface area contributed by atoms with Crippen molar-refractivity contribution in [1.29, 1.82) is 0 Å². The standard InChI is InChI=1S/C14H23NO2S/c1-4-17-9-13(16)10-18-14-7-5-12(6-8-14)11(2)15-3/h5-8,11,13,15-16H,4,9-10H2,1-3H3. The highest BCUT2D eigenvalue weighted by atomic mass is 32.2. The van der Waals surface area contributed by atoms with Crippen LogP contribution in [0.5, 0.6) is 0 Å². The lowest BCUT2D eigenvalue weighted by Crippen LogP contribution is -2.17. The summed E-state index contributed by atoms with van der Waals surface area (Å²) in [4.78, 5) is 1.18. The Morgan fingerprint density at radius 2 is 2.00 bits per heavy atom. The molecule has 18 heavy (non-hydrogen) atoms. The van der Waals surface area contributed by atoms with E-state index in [4.69, 9.17) is 4.74 Å². The van der Waals surface area contributed by atoms with Crippen LogP contribution in [0.15, 0.2) is 29.2 Å². The molecule has 0 amide bonds. The lowest BCUT2D eigenvalue weighted by atomic mass is 10.1. The van der Waals surface area contributed by atoms with Crippen LogP contribution in [-0.4, -0.2) is 37.2 Å². The Hall–Kier alpha value is -0.550. The van der Waals surface area contributed by atoms with Crippen LogP contribution in [0.1, 0.15) is 25.5 Å². The van der Waals surface area contributed by atoms with Gasteiger partial charge in [0.25, 0.3) is 0 Å². The van der Waals surface area contributed by atoms with E-state index in [-0.39, 0.29) is 0 Å². The maximum Gasteiger partial charge on any atom is 0.0867 e. The molecule has 0 saturated carbocycles. The molecular weight excluding hydrogens is 246 g/mol. The van der Waals surface area contributed by atoms with Crippen LogP contribution in [-0.2, 0) is 4.74 Å². The molecule has 0 heterocycles. The lowest BCUT2D eigenvalue weighted by molar-refractivity contribution is 0.0551. The number of hydrogen-bond donors (Lipinski definition) is 2. The Morgan fingerprint density at radius 3 is 2.56 bits per heavy atom. The molecule has 102 valence electrons. The van der Waals surface area contributed by atoms with Gasteiger partial charge in [0.05, 0.1) is 12.7 Å². The number of ether oxygens (including phenoxy) is 1. The summed E-state index contributed by atoms with van der Waals surface area (Å²) in [5, 5.41) is 12.9. The largest absolute Gasteiger partial charge is 0.390 e. The van der Waals surface area contributed by atoms with Crippen LogP contribution >= 0.6 is 11.8 Å². The zero-order valence-electron chi connectivity index (χ0n) is 11.3. The van der Waals surface area contributed by atoms with Crippen molar-refractivity contribution in [2.75, 3.05) is 26.0 Å². The summed E-state index contributed by atoms with van der Waals surface area (Å²) in [6.07, 6.45) is -0.397. The summed E-state index contributed by atoms with van der Waals surface area (Å²) in [7, 11) is 1.96. The molecule has 1 aromatic carbocycles. The van der Waals surface area contributed by atoms with Crippen molar-refractivity contribution in [3.05, 3.63) is 29.8 Å². The van der Waals surface area contributed by atoms with E-state index in [2.05, 4.69) is 36.5 Å². The first-order valence-electron chi connectivity index (χ1n) is 6.33. The van der Waals surface area contributed by atoms with Gasteiger partial charge in [-0.25, -0.2) is 0 Å². The van der Waals surface area contributed by atoms with Crippen molar-refractivity contribution in [2.45, 2.75) is 30.9 Å². The molecule has 0 aliphatic heterocycles. The summed E-state index contributed by atoms with van der Waals surface area (Å²) < 4.78 is 5.18. The highest BCUT2D eigenvalue weighted by Gasteiger charge is 2.06. The Morgan fingerprint density at radius 1 is 1.33 bits per heavy atom. The summed E-state index contributed by atoms with van der Waals surface area (Å²) in [5.74, 6) is 0.668. The number of rotatable bonds is 8. The first kappa shape index (κ1) is 15.5. The van der Waals surface area contributed by atoms with E-state index in [9.17, 15) is 5.11 Å². The zero-order chi connectivity index (χ0) is 13.4. The van der Waals surface area contributed by atoms with Crippen molar-refractivity contribution in [1.82, 2.24) is 5.32 Å². The number of hydrogen-bond acceptors (Lipinski definition) is 4. The summed E-state index contributed by atoms with van der Waals surface area (Å²) >= 11 is 1.66. The van der Waals surface area contributed by atoms with Gasteiger partial charge >= 0.3 is 0 Å². The minimum atomic E-state index is -0.397. The quantitative estimate of drug-likeness (QED) is 0.711. The highest BCUT2D eigenvalue weighted by molar-refractivity contribution is 7.99. The predicted octanol–water partition coefficient (Wildman–Crippen LogP) is 2.46. The maximum atomic E-state index is 9.67. The molecule has 4 heteroatoms. The monoisotopic (exact) mass is 269 g/mol. The van der Waals surface area contributed by atoms with E-state index in [1.54, 1.807) is 11.8 Å². The van der Waals surface area contributed by atoms with Crippen LogP contribution < -0.4 is 5.32 Å². The van der Waals surface area contributed by atoms with E-state index >= 15 is 0 Å². The van der Waals surface area contributed by atoms with E-state index in [0.717, 1.165) is 0 Å². The Kier molecular flexibility index (Phi) is 7.35. The SMILES string of the molecule is CCOCC(O)CSc1ccc(C(C)NC)cc1. The van der Waals surface area contributed by atoms with Gasteiger partial charge in [-0.2, -0.15) is 0 Å². The van der Waals surface area contributed by atoms with Crippen LogP contribution in [0.3, 0.4) is 0 Å². The molecule has 2 unspecified atom stereocenters. The van der Waals surface area contributed by atoms with Gasteiger partial charge in [0.1, 0.15) is 0 Å². The molecule has 2 N–H and O–H groups in total. The number of aliphatic hydroxyl groups is 1. The highest BCUT2D eigenvalue weighted by Crippen LogP contribution is 2.21. The van der Waals surface area contributed by atoms with Crippen molar-refractivity contribution >= 4 is 11.8 Å². The molecule has 1 rings (SSSR count). The average Bonchev–Trinajstić information content (AvgIpc) is 2.42. The molecule has 0 saturated heterocycles. The smallest absolute Gasteiger partial charge is 0.0867 e. The maximum absolute atomic E-state index is 9.67. The van der Waals surface area contributed by atoms with Crippen LogP contribution in [0.4, 0.5) is 0 Å². The first-order chi connectivity index (χ1) is 8.67. The molecule has 0 fully saturated rings. The van der Waals surface area contributed by atoms with Gasteiger partial charge < -0.3 is 15.2 Å². The number of nitrogens with one attached hydrogen (secondary N) is 1. The van der Waals surface area contributed by atoms with Gasteiger partial charge in [0.2, 0.25) is 0 Å². The molecular formula is C14H23NO2S. The van der Waals surface area contributed by atoms with Gasteiger partial charge in [-0.3, -0.25) is 0 Å². The predicted molar refractivity (Wildman–Crippen MR) is 77.1 cm³/mol. The van der Waals surface area contributed by atoms with Gasteiger partial charge in [-0.15, -0.1) is 11.8 Å². The van der Waals surface area contributed by atoms with E-state index in [1.165, 1.54) is 10.5 Å². The Balaban J connectivity index is 2.39. The minimum Gasteiger partial charge on any atom is -0.390 e. The molecule has 0 bridgehead atoms. The number of benzene rings is 1. The fourth-order valence-corrected chi connectivity index (χ4v) is 2.32. The molecule has 2 atom stereocenters. The Bertz CT molecular complexity index is 329. The average molecular weight is 269 g/mol. The topological polar surface area (TPSA) is 41.5 Å². The second-order valence-electron chi connectivity index (χ2n) is 4.20. The van der Waals surface area contributed by atoms with Crippen LogP contribution in [0.2, 0.25) is 0 Å². The third kappa shape index (κ3) is 5.40. The van der Waals surface area contributed by atoms with E-state index < -0.39 is 6.10 Å². The summed E-state index contributed by atoms with van der Waals surface area (Å²) in [6.45, 7) is 5.13. The minimum absolute atomic E-state index is 0.368. The second kappa shape index (κ2) is 8.53. The third-order valence-electron chi connectivity index (χ3n) is 2.77. The summed E-state index contributed by atoms with van der Waals surface area (Å²) in [6, 6.07) is 8.81. The molecule has 3 nitrogen and oxygen atoms in total. The van der Waals surface area contributed by atoms with Gasteiger partial charge in [0.15, 0.2) is 0 Å². The molecule has 0 radical (unpaired) electrons. The van der Waals surface area contributed by atoms with E-state index in [1.807, 2.05) is 14.0 Å². The van der Waals surface area contributed by atoms with Crippen LogP contribution in [0, 0.1) is 0 Å². The van der Waals surface area contributed by atoms with E-state index in [0.29, 0.717) is 25.0 Å². The first-order valence-corrected chi connectivity index (χ1v) is 7.31. The third-order valence-corrected chi connectivity index (χ3v) is 3.93. The van der Waals surface area contributed by atoms with Gasteiger partial charge in [-0.05, 0) is 38.6 Å². The second-order valence-corrected chi connectivity index (χ2v) is 5.30. The molecule has 0 spiro atoms. The fraction of sp³-hybridized carbons (Fsp3) is 0.571. The Labute approximate surface area is 114 Å². The number of aliphatic hydroxyl groups excluding tert-OH is 1. The van der Waals surface area contributed by atoms with Gasteiger partial charge in [-0.1, -0.05) is 12.1 Å². The van der Waals surface area contributed by atoms with Crippen molar-refractivity contribution in [3.8, 4) is 0 Å². The molecule has 0 aliphatic rings. The summed E-state index contributed by atoms with van der Waals surface area (Å²) in [5.41, 5.74) is 1.27. The lowest BCUT2D eigenvalue weighted by Gasteiger charge is -2.12. The zero-order valence-corrected chi connectivity index (χ0v) is 12.2. The van der Waals surface area contributed by atoms with Crippen molar-refractivity contribution in [3.63, 3.8) is 0 Å². The van der Waals surface area contributed by atoms with Gasteiger partial charge in [0, 0.05) is 23.3 Å². The molecule has 0 aliphatic carbocycles. The van der Waals surface area contributed by atoms with Crippen molar-refractivity contribution < 1.29 is 9.84 Å². The molecule has 1 aromatic rings. The number of thioether (sulfide) groups is 1. The fourth-order valence-electron chi connectivity index (χ4n) is 1.51.